The molecule has 1 saturated heterocycles. The fraction of sp³-hybridized carbons (Fsp3) is 0.381. The van der Waals surface area contributed by atoms with E-state index in [1.165, 1.54) is 12.1 Å². The lowest BCUT2D eigenvalue weighted by atomic mass is 10.0. The van der Waals surface area contributed by atoms with Gasteiger partial charge in [0, 0.05) is 18.0 Å². The van der Waals surface area contributed by atoms with Crippen molar-refractivity contribution < 1.29 is 13.9 Å². The number of hydrogen-bond acceptors (Lipinski definition) is 3. The van der Waals surface area contributed by atoms with E-state index in [2.05, 4.69) is 10.2 Å². The number of nitrogens with zero attached hydrogens (tertiary/aromatic N) is 1. The molecule has 2 aromatic carbocycles. The van der Waals surface area contributed by atoms with Crippen LogP contribution in [0.15, 0.2) is 48.5 Å². The van der Waals surface area contributed by atoms with Crippen LogP contribution in [0.5, 0.6) is 5.75 Å². The highest BCUT2D eigenvalue weighted by Crippen LogP contribution is 2.33. The summed E-state index contributed by atoms with van der Waals surface area (Å²) in [5, 5.41) is 3.16. The predicted octanol–water partition coefficient (Wildman–Crippen LogP) is 3.60. The topological polar surface area (TPSA) is 41.6 Å². The second-order valence-corrected chi connectivity index (χ2v) is 6.98. The van der Waals surface area contributed by atoms with E-state index >= 15 is 0 Å². The van der Waals surface area contributed by atoms with Crippen LogP contribution in [0, 0.1) is 5.82 Å². The number of nitrogens with one attached hydrogen (secondary N) is 1. The molecule has 26 heavy (non-hydrogen) atoms. The van der Waals surface area contributed by atoms with Crippen molar-refractivity contribution in [2.24, 2.45) is 0 Å². The van der Waals surface area contributed by atoms with Gasteiger partial charge in [0.25, 0.3) is 0 Å². The highest BCUT2D eigenvalue weighted by molar-refractivity contribution is 5.78. The van der Waals surface area contributed by atoms with E-state index < -0.39 is 0 Å². The minimum absolute atomic E-state index is 0.000626. The van der Waals surface area contributed by atoms with Crippen LogP contribution in [0.3, 0.4) is 0 Å². The van der Waals surface area contributed by atoms with Crippen molar-refractivity contribution in [3.8, 4) is 5.75 Å². The number of halogens is 1. The minimum Gasteiger partial charge on any atom is -0.493 e. The van der Waals surface area contributed by atoms with E-state index in [1.54, 1.807) is 0 Å². The lowest BCUT2D eigenvalue weighted by molar-refractivity contribution is -0.123. The average Bonchev–Trinajstić information content (AvgIpc) is 3.10. The maximum atomic E-state index is 13.2. The van der Waals surface area contributed by atoms with Crippen molar-refractivity contribution in [2.45, 2.75) is 31.3 Å². The third-order valence-electron chi connectivity index (χ3n) is 5.26. The van der Waals surface area contributed by atoms with E-state index in [0.717, 1.165) is 42.7 Å². The molecule has 2 aliphatic rings. The van der Waals surface area contributed by atoms with Gasteiger partial charge in [-0.05, 0) is 43.1 Å². The van der Waals surface area contributed by atoms with Crippen molar-refractivity contribution >= 4 is 5.91 Å². The maximum absolute atomic E-state index is 13.2. The Morgan fingerprint density at radius 1 is 1.15 bits per heavy atom. The summed E-state index contributed by atoms with van der Waals surface area (Å²) >= 11 is 0. The highest BCUT2D eigenvalue weighted by Gasteiger charge is 2.29. The van der Waals surface area contributed by atoms with Gasteiger partial charge in [-0.25, -0.2) is 4.39 Å². The fourth-order valence-corrected chi connectivity index (χ4v) is 3.99. The molecule has 1 amide bonds. The zero-order valence-electron chi connectivity index (χ0n) is 14.7. The van der Waals surface area contributed by atoms with Crippen molar-refractivity contribution in [1.29, 1.82) is 0 Å². The number of carbonyl (C=O) groups excluding carboxylic acids is 1. The SMILES string of the molecule is O=C(CN1CCCC1c1ccc(F)cc1)NC1CCOc2ccccc21. The molecular formula is C21H23FN2O2. The van der Waals surface area contributed by atoms with Gasteiger partial charge < -0.3 is 10.1 Å². The Labute approximate surface area is 153 Å². The summed E-state index contributed by atoms with van der Waals surface area (Å²) in [7, 11) is 0. The summed E-state index contributed by atoms with van der Waals surface area (Å²) in [5.74, 6) is 0.657. The molecule has 0 aromatic heterocycles. The van der Waals surface area contributed by atoms with Crippen LogP contribution in [-0.2, 0) is 4.79 Å². The molecule has 2 heterocycles. The van der Waals surface area contributed by atoms with E-state index in [9.17, 15) is 9.18 Å². The molecule has 2 aliphatic heterocycles. The van der Waals surface area contributed by atoms with Crippen LogP contribution < -0.4 is 10.1 Å². The minimum atomic E-state index is -0.228. The predicted molar refractivity (Wildman–Crippen MR) is 97.4 cm³/mol. The quantitative estimate of drug-likeness (QED) is 0.912. The van der Waals surface area contributed by atoms with Crippen molar-refractivity contribution in [3.05, 3.63) is 65.5 Å². The first-order valence-electron chi connectivity index (χ1n) is 9.21. The highest BCUT2D eigenvalue weighted by atomic mass is 19.1. The number of ether oxygens (including phenoxy) is 1. The third-order valence-corrected chi connectivity index (χ3v) is 5.26. The summed E-state index contributed by atoms with van der Waals surface area (Å²) in [6.45, 7) is 1.87. The van der Waals surface area contributed by atoms with Gasteiger partial charge in [0.05, 0.1) is 19.2 Å². The number of fused-ring (bicyclic) bond motifs is 1. The lowest BCUT2D eigenvalue weighted by Gasteiger charge is -2.29. The second kappa shape index (κ2) is 7.46. The van der Waals surface area contributed by atoms with Crippen molar-refractivity contribution in [2.75, 3.05) is 19.7 Å². The van der Waals surface area contributed by atoms with Crippen molar-refractivity contribution in [1.82, 2.24) is 10.2 Å². The Morgan fingerprint density at radius 2 is 1.96 bits per heavy atom. The zero-order chi connectivity index (χ0) is 17.9. The summed E-state index contributed by atoms with van der Waals surface area (Å²) < 4.78 is 18.8. The number of carbonyl (C=O) groups is 1. The Bertz CT molecular complexity index is 778. The number of amides is 1. The molecule has 5 heteroatoms. The summed E-state index contributed by atoms with van der Waals surface area (Å²) in [4.78, 5) is 14.8. The van der Waals surface area contributed by atoms with E-state index in [0.29, 0.717) is 13.2 Å². The third kappa shape index (κ3) is 3.58. The van der Waals surface area contributed by atoms with E-state index in [1.807, 2.05) is 36.4 Å². The first kappa shape index (κ1) is 17.0. The average molecular weight is 354 g/mol. The van der Waals surface area contributed by atoms with Gasteiger partial charge in [0.2, 0.25) is 5.91 Å². The van der Waals surface area contributed by atoms with Crippen molar-refractivity contribution in [3.63, 3.8) is 0 Å². The fourth-order valence-electron chi connectivity index (χ4n) is 3.99. The number of hydrogen-bond donors (Lipinski definition) is 1. The molecule has 2 atom stereocenters. The molecule has 1 N–H and O–H groups in total. The van der Waals surface area contributed by atoms with Crippen LogP contribution in [0.25, 0.3) is 0 Å². The van der Waals surface area contributed by atoms with Crippen LogP contribution in [0.1, 0.15) is 42.5 Å². The Hall–Kier alpha value is -2.40. The molecule has 4 rings (SSSR count). The maximum Gasteiger partial charge on any atom is 0.234 e. The standard InChI is InChI=1S/C21H23FN2O2/c22-16-9-7-15(8-10-16)19-5-3-12-24(19)14-21(25)23-18-11-13-26-20-6-2-1-4-17(18)20/h1-2,4,6-10,18-19H,3,5,11-14H2,(H,23,25). The molecule has 0 bridgehead atoms. The van der Waals surface area contributed by atoms with Gasteiger partial charge in [0.1, 0.15) is 11.6 Å². The Kier molecular flexibility index (Phi) is 4.89. The van der Waals surface area contributed by atoms with Gasteiger partial charge >= 0.3 is 0 Å². The first-order chi connectivity index (χ1) is 12.7. The molecule has 2 aromatic rings. The van der Waals surface area contributed by atoms with Crippen LogP contribution >= 0.6 is 0 Å². The number of rotatable bonds is 4. The van der Waals surface area contributed by atoms with Gasteiger partial charge in [-0.1, -0.05) is 30.3 Å². The molecule has 0 radical (unpaired) electrons. The van der Waals surface area contributed by atoms with Gasteiger partial charge in [0.15, 0.2) is 0 Å². The van der Waals surface area contributed by atoms with Crippen LogP contribution in [0.4, 0.5) is 4.39 Å². The normalized spacial score (nSPS) is 22.5. The largest absolute Gasteiger partial charge is 0.493 e. The number of para-hydroxylation sites is 1. The van der Waals surface area contributed by atoms with E-state index in [4.69, 9.17) is 4.74 Å². The van der Waals surface area contributed by atoms with Crippen LogP contribution in [0.2, 0.25) is 0 Å². The molecular weight excluding hydrogens is 331 g/mol. The molecule has 4 nitrogen and oxygen atoms in total. The molecule has 0 spiro atoms. The number of likely N-dealkylation sites (tertiary alicyclic amines) is 1. The summed E-state index contributed by atoms with van der Waals surface area (Å²) in [5.41, 5.74) is 2.12. The molecule has 0 aliphatic carbocycles. The first-order valence-corrected chi connectivity index (χ1v) is 9.21. The molecule has 136 valence electrons. The lowest BCUT2D eigenvalue weighted by Crippen LogP contribution is -2.40. The van der Waals surface area contributed by atoms with Gasteiger partial charge in [-0.3, -0.25) is 9.69 Å². The molecule has 1 fully saturated rings. The monoisotopic (exact) mass is 354 g/mol. The smallest absolute Gasteiger partial charge is 0.234 e. The Balaban J connectivity index is 1.41. The summed E-state index contributed by atoms with van der Waals surface area (Å²) in [6.07, 6.45) is 2.83. The second-order valence-electron chi connectivity index (χ2n) is 6.98. The molecule has 2 unspecified atom stereocenters. The van der Waals surface area contributed by atoms with Gasteiger partial charge in [-0.15, -0.1) is 0 Å². The number of benzene rings is 2. The molecule has 0 saturated carbocycles. The van der Waals surface area contributed by atoms with E-state index in [-0.39, 0.29) is 23.8 Å². The summed E-state index contributed by atoms with van der Waals surface area (Å²) in [6, 6.07) is 14.7. The Morgan fingerprint density at radius 3 is 2.81 bits per heavy atom. The van der Waals surface area contributed by atoms with Gasteiger partial charge in [-0.2, -0.15) is 0 Å². The van der Waals surface area contributed by atoms with Crippen LogP contribution in [-0.4, -0.2) is 30.5 Å². The zero-order valence-corrected chi connectivity index (χ0v) is 14.7.